The van der Waals surface area contributed by atoms with E-state index in [0.29, 0.717) is 5.82 Å². The number of aromatic nitrogens is 2. The van der Waals surface area contributed by atoms with E-state index in [4.69, 9.17) is 5.73 Å². The van der Waals surface area contributed by atoms with Gasteiger partial charge in [0.1, 0.15) is 5.71 Å². The summed E-state index contributed by atoms with van der Waals surface area (Å²) in [6.45, 7) is 1.55. The number of esters is 1. The molecule has 86 valence electrons. The van der Waals surface area contributed by atoms with Crippen LogP contribution in [0.3, 0.4) is 0 Å². The van der Waals surface area contributed by atoms with Crippen molar-refractivity contribution in [2.24, 2.45) is 5.10 Å². The summed E-state index contributed by atoms with van der Waals surface area (Å²) in [6.07, 6.45) is 1.51. The number of methoxy groups -OCH3 is 1. The summed E-state index contributed by atoms with van der Waals surface area (Å²) in [6, 6.07) is 1.63. The van der Waals surface area contributed by atoms with E-state index in [1.807, 2.05) is 0 Å². The van der Waals surface area contributed by atoms with Crippen LogP contribution in [0.4, 0.5) is 11.8 Å². The molecular weight excluding hydrogens is 210 g/mol. The van der Waals surface area contributed by atoms with Crippen molar-refractivity contribution in [3.8, 4) is 0 Å². The molecule has 0 spiro atoms. The van der Waals surface area contributed by atoms with Crippen LogP contribution in [-0.4, -0.2) is 35.8 Å². The number of hydrogen-bond acceptors (Lipinski definition) is 7. The molecule has 1 heterocycles. The van der Waals surface area contributed by atoms with Crippen molar-refractivity contribution in [3.63, 3.8) is 0 Å². The van der Waals surface area contributed by atoms with Crippen molar-refractivity contribution in [2.45, 2.75) is 6.92 Å². The first-order chi connectivity index (χ1) is 7.54. The number of ether oxygens (including phenoxy) is 1. The van der Waals surface area contributed by atoms with Gasteiger partial charge < -0.3 is 10.5 Å². The molecule has 0 saturated heterocycles. The summed E-state index contributed by atoms with van der Waals surface area (Å²) in [7, 11) is 2.94. The van der Waals surface area contributed by atoms with Gasteiger partial charge in [0.25, 0.3) is 0 Å². The number of carbonyl (C=O) groups is 1. The lowest BCUT2D eigenvalue weighted by Gasteiger charge is -2.12. The summed E-state index contributed by atoms with van der Waals surface area (Å²) < 4.78 is 4.52. The van der Waals surface area contributed by atoms with Gasteiger partial charge in [-0.15, -0.1) is 0 Å². The summed E-state index contributed by atoms with van der Waals surface area (Å²) in [4.78, 5) is 18.8. The molecule has 1 rings (SSSR count). The topological polar surface area (TPSA) is 93.7 Å². The Bertz CT molecular complexity index is 418. The molecule has 0 unspecified atom stereocenters. The van der Waals surface area contributed by atoms with Crippen LogP contribution >= 0.6 is 0 Å². The van der Waals surface area contributed by atoms with Crippen LogP contribution in [0.25, 0.3) is 0 Å². The van der Waals surface area contributed by atoms with Gasteiger partial charge in [-0.05, 0) is 6.92 Å². The SMILES string of the molecule is COC(=O)/C(C)=N/N(C)c1ccnc(N)n1. The van der Waals surface area contributed by atoms with Gasteiger partial charge in [0.2, 0.25) is 5.95 Å². The van der Waals surface area contributed by atoms with E-state index in [0.717, 1.165) is 0 Å². The monoisotopic (exact) mass is 223 g/mol. The Morgan fingerprint density at radius 1 is 1.62 bits per heavy atom. The van der Waals surface area contributed by atoms with Crippen molar-refractivity contribution in [2.75, 3.05) is 24.9 Å². The van der Waals surface area contributed by atoms with Crippen molar-refractivity contribution < 1.29 is 9.53 Å². The highest BCUT2D eigenvalue weighted by Crippen LogP contribution is 2.08. The summed E-state index contributed by atoms with van der Waals surface area (Å²) in [5, 5.41) is 5.41. The van der Waals surface area contributed by atoms with Crippen LogP contribution in [0.15, 0.2) is 17.4 Å². The van der Waals surface area contributed by atoms with Crippen LogP contribution in [0.1, 0.15) is 6.92 Å². The number of rotatable bonds is 3. The highest BCUT2D eigenvalue weighted by molar-refractivity contribution is 6.35. The lowest BCUT2D eigenvalue weighted by molar-refractivity contribution is -0.132. The van der Waals surface area contributed by atoms with E-state index < -0.39 is 5.97 Å². The standard InChI is InChI=1S/C9H13N5O2/c1-6(8(15)16-3)13-14(2)7-4-5-11-9(10)12-7/h4-5H,1-3H3,(H2,10,11,12)/b13-6+. The normalized spacial score (nSPS) is 11.1. The molecule has 0 aliphatic heterocycles. The Kier molecular flexibility index (Phi) is 3.76. The van der Waals surface area contributed by atoms with Gasteiger partial charge in [-0.2, -0.15) is 10.1 Å². The van der Waals surface area contributed by atoms with Crippen LogP contribution < -0.4 is 10.7 Å². The number of nitrogens with zero attached hydrogens (tertiary/aromatic N) is 4. The molecule has 7 nitrogen and oxygen atoms in total. The van der Waals surface area contributed by atoms with E-state index in [-0.39, 0.29) is 11.7 Å². The van der Waals surface area contributed by atoms with Gasteiger partial charge in [0.05, 0.1) is 7.11 Å². The smallest absolute Gasteiger partial charge is 0.353 e. The summed E-state index contributed by atoms with van der Waals surface area (Å²) in [5.74, 6) is 0.153. The lowest BCUT2D eigenvalue weighted by Crippen LogP contribution is -2.19. The number of anilines is 2. The Morgan fingerprint density at radius 2 is 2.31 bits per heavy atom. The molecule has 0 aliphatic rings. The highest BCUT2D eigenvalue weighted by Gasteiger charge is 2.08. The van der Waals surface area contributed by atoms with Crippen LogP contribution in [0.5, 0.6) is 0 Å². The fourth-order valence-corrected chi connectivity index (χ4v) is 1.01. The fraction of sp³-hybridized carbons (Fsp3) is 0.333. The molecule has 7 heteroatoms. The zero-order chi connectivity index (χ0) is 12.1. The average Bonchev–Trinajstić information content (AvgIpc) is 2.27. The molecule has 0 aliphatic carbocycles. The van der Waals surface area contributed by atoms with Crippen molar-refractivity contribution >= 4 is 23.4 Å². The molecule has 1 aromatic heterocycles. The minimum Gasteiger partial charge on any atom is -0.464 e. The van der Waals surface area contributed by atoms with E-state index in [1.165, 1.54) is 18.3 Å². The van der Waals surface area contributed by atoms with Crippen LogP contribution in [0.2, 0.25) is 0 Å². The molecule has 0 saturated carbocycles. The van der Waals surface area contributed by atoms with E-state index in [1.54, 1.807) is 20.0 Å². The Labute approximate surface area is 92.9 Å². The quantitative estimate of drug-likeness (QED) is 0.442. The number of hydrazone groups is 1. The second-order valence-electron chi connectivity index (χ2n) is 2.97. The number of hydrogen-bond donors (Lipinski definition) is 1. The largest absolute Gasteiger partial charge is 0.464 e. The van der Waals surface area contributed by atoms with Crippen LogP contribution in [-0.2, 0) is 9.53 Å². The fourth-order valence-electron chi connectivity index (χ4n) is 1.01. The molecule has 1 aromatic rings. The maximum absolute atomic E-state index is 11.1. The Morgan fingerprint density at radius 3 is 2.88 bits per heavy atom. The first-order valence-corrected chi connectivity index (χ1v) is 4.50. The summed E-state index contributed by atoms with van der Waals surface area (Å²) >= 11 is 0. The van der Waals surface area contributed by atoms with E-state index in [9.17, 15) is 4.79 Å². The molecular formula is C9H13N5O2. The van der Waals surface area contributed by atoms with E-state index in [2.05, 4.69) is 19.8 Å². The van der Waals surface area contributed by atoms with Gasteiger partial charge >= 0.3 is 5.97 Å². The second-order valence-corrected chi connectivity index (χ2v) is 2.97. The number of nitrogen functional groups attached to an aromatic ring is 1. The van der Waals surface area contributed by atoms with Crippen LogP contribution in [0, 0.1) is 0 Å². The molecule has 0 fully saturated rings. The first kappa shape index (κ1) is 11.9. The molecule has 0 bridgehead atoms. The third-order valence-electron chi connectivity index (χ3n) is 1.77. The highest BCUT2D eigenvalue weighted by atomic mass is 16.5. The number of nitrogens with two attached hydrogens (primary N) is 1. The maximum atomic E-state index is 11.1. The maximum Gasteiger partial charge on any atom is 0.353 e. The molecule has 0 radical (unpaired) electrons. The first-order valence-electron chi connectivity index (χ1n) is 4.50. The lowest BCUT2D eigenvalue weighted by atomic mass is 10.4. The van der Waals surface area contributed by atoms with Gasteiger partial charge in [-0.25, -0.2) is 9.78 Å². The summed E-state index contributed by atoms with van der Waals surface area (Å²) in [5.41, 5.74) is 5.65. The Balaban J connectivity index is 2.87. The van der Waals surface area contributed by atoms with Crippen molar-refractivity contribution in [1.29, 1.82) is 0 Å². The molecule has 0 aromatic carbocycles. The van der Waals surface area contributed by atoms with Gasteiger partial charge in [0.15, 0.2) is 5.82 Å². The van der Waals surface area contributed by atoms with E-state index >= 15 is 0 Å². The van der Waals surface area contributed by atoms with Crippen molar-refractivity contribution in [3.05, 3.63) is 12.3 Å². The third-order valence-corrected chi connectivity index (χ3v) is 1.77. The third kappa shape index (κ3) is 2.91. The second kappa shape index (κ2) is 5.06. The minimum absolute atomic E-state index is 0.148. The van der Waals surface area contributed by atoms with Crippen molar-refractivity contribution in [1.82, 2.24) is 9.97 Å². The molecule has 0 atom stereocenters. The zero-order valence-corrected chi connectivity index (χ0v) is 9.34. The van der Waals surface area contributed by atoms with Gasteiger partial charge in [-0.3, -0.25) is 5.01 Å². The molecule has 16 heavy (non-hydrogen) atoms. The minimum atomic E-state index is -0.492. The predicted octanol–water partition coefficient (Wildman–Crippen LogP) is 0.0439. The molecule has 2 N–H and O–H groups in total. The van der Waals surface area contributed by atoms with Gasteiger partial charge in [-0.1, -0.05) is 0 Å². The molecule has 0 amide bonds. The predicted molar refractivity (Wildman–Crippen MR) is 60.0 cm³/mol. The Hall–Kier alpha value is -2.18. The van der Waals surface area contributed by atoms with Gasteiger partial charge in [0, 0.05) is 19.3 Å². The number of carbonyl (C=O) groups excluding carboxylic acids is 1. The zero-order valence-electron chi connectivity index (χ0n) is 9.34. The average molecular weight is 223 g/mol.